The molecule has 2 aromatic carbocycles. The highest BCUT2D eigenvalue weighted by Gasteiger charge is 2.39. The van der Waals surface area contributed by atoms with Crippen molar-refractivity contribution in [3.63, 3.8) is 0 Å². The van der Waals surface area contributed by atoms with E-state index in [1.165, 1.54) is 11.1 Å². The average molecular weight is 373 g/mol. The lowest BCUT2D eigenvalue weighted by Gasteiger charge is -2.27. The Kier molecular flexibility index (Phi) is 4.74. The third kappa shape index (κ3) is 3.20. The highest BCUT2D eigenvalue weighted by Crippen LogP contribution is 2.37. The van der Waals surface area contributed by atoms with E-state index < -0.39 is 0 Å². The number of hydrogen-bond donors (Lipinski definition) is 1. The number of nitrogens with one attached hydrogen (secondary N) is 1. The van der Waals surface area contributed by atoms with Crippen molar-refractivity contribution in [2.75, 3.05) is 16.8 Å². The molecular weight excluding hydrogens is 350 g/mol. The monoisotopic (exact) mass is 373 g/mol. The number of benzene rings is 2. The predicted octanol–water partition coefficient (Wildman–Crippen LogP) is 4.87. The van der Waals surface area contributed by atoms with Gasteiger partial charge in [-0.25, -0.2) is 0 Å². The van der Waals surface area contributed by atoms with E-state index in [1.807, 2.05) is 43.3 Å². The first kappa shape index (κ1) is 18.0. The second-order valence-electron chi connectivity index (χ2n) is 6.88. The van der Waals surface area contributed by atoms with E-state index in [1.54, 1.807) is 17.2 Å². The summed E-state index contributed by atoms with van der Waals surface area (Å²) < 4.78 is 5.53. The minimum Gasteiger partial charge on any atom is -0.494 e. The number of aryl methyl sites for hydroxylation is 2. The van der Waals surface area contributed by atoms with Crippen LogP contribution in [0, 0.1) is 13.8 Å². The largest absolute Gasteiger partial charge is 0.494 e. The van der Waals surface area contributed by atoms with Crippen LogP contribution in [0.15, 0.2) is 60.8 Å². The first-order chi connectivity index (χ1) is 13.6. The van der Waals surface area contributed by atoms with Gasteiger partial charge >= 0.3 is 0 Å². The maximum Gasteiger partial charge on any atom is 0.262 e. The molecule has 1 atom stereocenters. The average Bonchev–Trinajstić information content (AvgIpc) is 2.98. The first-order valence-electron chi connectivity index (χ1n) is 9.43. The Morgan fingerprint density at radius 2 is 1.86 bits per heavy atom. The van der Waals surface area contributed by atoms with Gasteiger partial charge in [-0.3, -0.25) is 14.7 Å². The first-order valence-corrected chi connectivity index (χ1v) is 9.43. The number of hydrogen-bond acceptors (Lipinski definition) is 4. The molecule has 0 radical (unpaired) electrons. The lowest BCUT2D eigenvalue weighted by atomic mass is 10.1. The van der Waals surface area contributed by atoms with Gasteiger partial charge in [0, 0.05) is 17.6 Å². The number of fused-ring (bicyclic) bond motifs is 1. The molecule has 0 fully saturated rings. The molecule has 0 spiro atoms. The molecule has 1 aromatic heterocycles. The normalized spacial score (nSPS) is 15.5. The molecule has 142 valence electrons. The molecule has 1 aliphatic rings. The smallest absolute Gasteiger partial charge is 0.262 e. The summed E-state index contributed by atoms with van der Waals surface area (Å²) in [5.74, 6) is 0.723. The van der Waals surface area contributed by atoms with Gasteiger partial charge < -0.3 is 10.1 Å². The Bertz CT molecular complexity index is 1010. The lowest BCUT2D eigenvalue weighted by Crippen LogP contribution is -2.32. The van der Waals surface area contributed by atoms with Crippen LogP contribution in [0.4, 0.5) is 11.4 Å². The zero-order valence-electron chi connectivity index (χ0n) is 16.3. The van der Waals surface area contributed by atoms with Crippen LogP contribution < -0.4 is 15.0 Å². The van der Waals surface area contributed by atoms with E-state index in [-0.39, 0.29) is 12.1 Å². The van der Waals surface area contributed by atoms with Crippen molar-refractivity contribution < 1.29 is 9.53 Å². The second-order valence-corrected chi connectivity index (χ2v) is 6.88. The Labute approximate surface area is 165 Å². The van der Waals surface area contributed by atoms with Crippen LogP contribution in [0.1, 0.15) is 40.3 Å². The van der Waals surface area contributed by atoms with Gasteiger partial charge in [-0.1, -0.05) is 6.07 Å². The summed E-state index contributed by atoms with van der Waals surface area (Å²) in [5, 5.41) is 3.50. The number of rotatable bonds is 5. The molecule has 0 bridgehead atoms. The molecule has 0 aliphatic carbocycles. The fourth-order valence-corrected chi connectivity index (χ4v) is 3.44. The summed E-state index contributed by atoms with van der Waals surface area (Å²) >= 11 is 0. The zero-order chi connectivity index (χ0) is 19.7. The van der Waals surface area contributed by atoms with Crippen molar-refractivity contribution in [3.05, 3.63) is 83.2 Å². The van der Waals surface area contributed by atoms with Crippen LogP contribution in [0.25, 0.3) is 0 Å². The summed E-state index contributed by atoms with van der Waals surface area (Å²) in [7, 11) is 0. The van der Waals surface area contributed by atoms with Crippen molar-refractivity contribution in [1.82, 2.24) is 4.98 Å². The van der Waals surface area contributed by atoms with Gasteiger partial charge in [0.25, 0.3) is 5.91 Å². The van der Waals surface area contributed by atoms with Gasteiger partial charge in [-0.05, 0) is 80.4 Å². The maximum atomic E-state index is 13.1. The molecule has 1 N–H and O–H groups in total. The fourth-order valence-electron chi connectivity index (χ4n) is 3.44. The molecule has 1 aliphatic heterocycles. The Balaban J connectivity index is 1.72. The number of ether oxygens (including phenoxy) is 1. The summed E-state index contributed by atoms with van der Waals surface area (Å²) in [6.45, 7) is 6.72. The number of aromatic nitrogens is 1. The Morgan fingerprint density at radius 3 is 2.57 bits per heavy atom. The second kappa shape index (κ2) is 7.35. The molecule has 0 saturated heterocycles. The van der Waals surface area contributed by atoms with Crippen LogP contribution in [0.3, 0.4) is 0 Å². The van der Waals surface area contributed by atoms with Gasteiger partial charge in [0.1, 0.15) is 5.75 Å². The van der Waals surface area contributed by atoms with E-state index in [2.05, 4.69) is 36.3 Å². The molecule has 3 aromatic rings. The third-order valence-electron chi connectivity index (χ3n) is 5.04. The van der Waals surface area contributed by atoms with Gasteiger partial charge in [0.05, 0.1) is 17.9 Å². The van der Waals surface area contributed by atoms with Crippen molar-refractivity contribution in [2.24, 2.45) is 0 Å². The molecular formula is C23H23N3O2. The summed E-state index contributed by atoms with van der Waals surface area (Å²) in [4.78, 5) is 19.4. The van der Waals surface area contributed by atoms with Gasteiger partial charge in [-0.2, -0.15) is 0 Å². The van der Waals surface area contributed by atoms with E-state index >= 15 is 0 Å². The lowest BCUT2D eigenvalue weighted by molar-refractivity contribution is 0.0993. The Morgan fingerprint density at radius 1 is 1.07 bits per heavy atom. The molecule has 2 heterocycles. The molecule has 5 nitrogen and oxygen atoms in total. The highest BCUT2D eigenvalue weighted by atomic mass is 16.5. The summed E-state index contributed by atoms with van der Waals surface area (Å²) in [6, 6.07) is 17.4. The standard InChI is InChI=1S/C23H23N3O2/c1-4-28-19-11-9-18(10-12-19)26-22(21-20(23(26)27)6-5-13-24-21)25-17-8-7-15(2)16(3)14-17/h5-14,22,25H,4H2,1-3H3. The number of anilines is 2. The van der Waals surface area contributed by atoms with Crippen LogP contribution in [0.5, 0.6) is 5.75 Å². The fraction of sp³-hybridized carbons (Fsp3) is 0.217. The molecule has 0 saturated carbocycles. The quantitative estimate of drug-likeness (QED) is 0.693. The number of carbonyl (C=O) groups excluding carboxylic acids is 1. The van der Waals surface area contributed by atoms with Crippen molar-refractivity contribution >= 4 is 17.3 Å². The SMILES string of the molecule is CCOc1ccc(N2C(=O)c3cccnc3C2Nc2ccc(C)c(C)c2)cc1. The number of amides is 1. The van der Waals surface area contributed by atoms with Crippen LogP contribution in [0.2, 0.25) is 0 Å². The van der Waals surface area contributed by atoms with E-state index in [9.17, 15) is 4.79 Å². The molecule has 5 heteroatoms. The van der Waals surface area contributed by atoms with Crippen LogP contribution in [-0.4, -0.2) is 17.5 Å². The topological polar surface area (TPSA) is 54.5 Å². The van der Waals surface area contributed by atoms with E-state index in [0.29, 0.717) is 12.2 Å². The highest BCUT2D eigenvalue weighted by molar-refractivity contribution is 6.11. The van der Waals surface area contributed by atoms with Crippen molar-refractivity contribution in [3.8, 4) is 5.75 Å². The van der Waals surface area contributed by atoms with Crippen molar-refractivity contribution in [1.29, 1.82) is 0 Å². The minimum absolute atomic E-state index is 0.0615. The zero-order valence-corrected chi connectivity index (χ0v) is 16.3. The summed E-state index contributed by atoms with van der Waals surface area (Å²) in [5.41, 5.74) is 5.54. The van der Waals surface area contributed by atoms with Crippen LogP contribution in [-0.2, 0) is 0 Å². The molecule has 4 rings (SSSR count). The number of pyridine rings is 1. The molecule has 1 amide bonds. The van der Waals surface area contributed by atoms with Crippen LogP contribution >= 0.6 is 0 Å². The van der Waals surface area contributed by atoms with Gasteiger partial charge in [0.2, 0.25) is 0 Å². The number of nitrogens with zero attached hydrogens (tertiary/aromatic N) is 2. The van der Waals surface area contributed by atoms with E-state index in [4.69, 9.17) is 4.74 Å². The molecule has 1 unspecified atom stereocenters. The van der Waals surface area contributed by atoms with Gasteiger partial charge in [0.15, 0.2) is 6.17 Å². The maximum absolute atomic E-state index is 13.1. The Hall–Kier alpha value is -3.34. The van der Waals surface area contributed by atoms with Crippen molar-refractivity contribution in [2.45, 2.75) is 26.9 Å². The van der Waals surface area contributed by atoms with E-state index in [0.717, 1.165) is 22.8 Å². The number of carbonyl (C=O) groups is 1. The van der Waals surface area contributed by atoms with Gasteiger partial charge in [-0.15, -0.1) is 0 Å². The third-order valence-corrected chi connectivity index (χ3v) is 5.04. The predicted molar refractivity (Wildman–Crippen MR) is 111 cm³/mol. The summed E-state index contributed by atoms with van der Waals surface area (Å²) in [6.07, 6.45) is 1.35. The minimum atomic E-state index is -0.372. The molecule has 28 heavy (non-hydrogen) atoms.